The van der Waals surface area contributed by atoms with Gasteiger partial charge in [-0.1, -0.05) is 39.0 Å². The molecule has 0 radical (unpaired) electrons. The maximum absolute atomic E-state index is 9.08. The summed E-state index contributed by atoms with van der Waals surface area (Å²) >= 11 is 0. The molecule has 2 nitrogen and oxygen atoms in total. The summed E-state index contributed by atoms with van der Waals surface area (Å²) in [6, 6.07) is 0. The standard InChI is InChI=1S/C12H26O2/c1-3-5-6-7-8-9-12(10-13)11-14-4-2/h12-13H,3-11H2,1-2H3. The lowest BCUT2D eigenvalue weighted by Crippen LogP contribution is -2.13. The first-order chi connectivity index (χ1) is 6.85. The molecule has 86 valence electrons. The van der Waals surface area contributed by atoms with Crippen molar-refractivity contribution in [2.75, 3.05) is 19.8 Å². The first-order valence-corrected chi connectivity index (χ1v) is 6.03. The van der Waals surface area contributed by atoms with Crippen molar-refractivity contribution in [1.82, 2.24) is 0 Å². The van der Waals surface area contributed by atoms with Crippen molar-refractivity contribution in [3.05, 3.63) is 0 Å². The topological polar surface area (TPSA) is 29.5 Å². The fourth-order valence-electron chi connectivity index (χ4n) is 1.55. The first-order valence-electron chi connectivity index (χ1n) is 6.03. The number of hydrogen-bond acceptors (Lipinski definition) is 2. The Morgan fingerprint density at radius 1 is 1.07 bits per heavy atom. The van der Waals surface area contributed by atoms with Crippen LogP contribution in [0, 0.1) is 5.92 Å². The molecule has 0 fully saturated rings. The Morgan fingerprint density at radius 3 is 2.36 bits per heavy atom. The zero-order valence-electron chi connectivity index (χ0n) is 9.80. The highest BCUT2D eigenvalue weighted by atomic mass is 16.5. The summed E-state index contributed by atoms with van der Waals surface area (Å²) in [6.07, 6.45) is 7.62. The monoisotopic (exact) mass is 202 g/mol. The number of unbranched alkanes of at least 4 members (excludes halogenated alkanes) is 4. The third-order valence-electron chi connectivity index (χ3n) is 2.53. The van der Waals surface area contributed by atoms with Crippen LogP contribution in [-0.4, -0.2) is 24.9 Å². The Hall–Kier alpha value is -0.0800. The Balaban J connectivity index is 3.24. The summed E-state index contributed by atoms with van der Waals surface area (Å²) in [4.78, 5) is 0. The lowest BCUT2D eigenvalue weighted by molar-refractivity contribution is 0.0759. The third-order valence-corrected chi connectivity index (χ3v) is 2.53. The molecule has 0 rings (SSSR count). The van der Waals surface area contributed by atoms with E-state index in [1.807, 2.05) is 6.92 Å². The normalized spacial score (nSPS) is 13.1. The van der Waals surface area contributed by atoms with Gasteiger partial charge in [-0.3, -0.25) is 0 Å². The minimum atomic E-state index is 0.272. The number of aliphatic hydroxyl groups excluding tert-OH is 1. The molecule has 2 heteroatoms. The SMILES string of the molecule is CCCCCCCC(CO)COCC. The van der Waals surface area contributed by atoms with Gasteiger partial charge >= 0.3 is 0 Å². The summed E-state index contributed by atoms with van der Waals surface area (Å²) in [6.45, 7) is 5.97. The fraction of sp³-hybridized carbons (Fsp3) is 1.00. The van der Waals surface area contributed by atoms with Crippen LogP contribution in [0.1, 0.15) is 52.4 Å². The number of rotatable bonds is 10. The molecule has 0 aromatic heterocycles. The minimum Gasteiger partial charge on any atom is -0.396 e. The van der Waals surface area contributed by atoms with Crippen molar-refractivity contribution < 1.29 is 9.84 Å². The molecule has 14 heavy (non-hydrogen) atoms. The Morgan fingerprint density at radius 2 is 1.79 bits per heavy atom. The van der Waals surface area contributed by atoms with Gasteiger partial charge in [-0.05, 0) is 13.3 Å². The third kappa shape index (κ3) is 8.52. The van der Waals surface area contributed by atoms with Crippen molar-refractivity contribution in [2.24, 2.45) is 5.92 Å². The van der Waals surface area contributed by atoms with E-state index in [0.29, 0.717) is 5.92 Å². The van der Waals surface area contributed by atoms with Crippen LogP contribution in [-0.2, 0) is 4.74 Å². The summed E-state index contributed by atoms with van der Waals surface area (Å²) in [5.74, 6) is 0.358. The van der Waals surface area contributed by atoms with E-state index >= 15 is 0 Å². The molecule has 0 aromatic rings. The molecule has 0 heterocycles. The van der Waals surface area contributed by atoms with E-state index in [0.717, 1.165) is 19.6 Å². The molecule has 0 aliphatic rings. The second-order valence-electron chi connectivity index (χ2n) is 3.91. The van der Waals surface area contributed by atoms with E-state index in [-0.39, 0.29) is 6.61 Å². The van der Waals surface area contributed by atoms with Gasteiger partial charge in [-0.2, -0.15) is 0 Å². The second-order valence-corrected chi connectivity index (χ2v) is 3.91. The fourth-order valence-corrected chi connectivity index (χ4v) is 1.55. The quantitative estimate of drug-likeness (QED) is 0.552. The molecule has 0 amide bonds. The predicted molar refractivity (Wildman–Crippen MR) is 60.4 cm³/mol. The van der Waals surface area contributed by atoms with Gasteiger partial charge in [0.15, 0.2) is 0 Å². The van der Waals surface area contributed by atoms with Crippen molar-refractivity contribution in [2.45, 2.75) is 52.4 Å². The van der Waals surface area contributed by atoms with Gasteiger partial charge in [0.1, 0.15) is 0 Å². The molecular weight excluding hydrogens is 176 g/mol. The van der Waals surface area contributed by atoms with Gasteiger partial charge in [0, 0.05) is 19.1 Å². The Kier molecular flexibility index (Phi) is 10.9. The summed E-state index contributed by atoms with van der Waals surface area (Å²) in [5, 5.41) is 9.08. The van der Waals surface area contributed by atoms with E-state index in [1.54, 1.807) is 0 Å². The average molecular weight is 202 g/mol. The Bertz CT molecular complexity index is 104. The molecule has 0 aromatic carbocycles. The van der Waals surface area contributed by atoms with E-state index in [4.69, 9.17) is 9.84 Å². The number of hydrogen-bond donors (Lipinski definition) is 1. The molecule has 0 saturated heterocycles. The van der Waals surface area contributed by atoms with Crippen LogP contribution in [0.2, 0.25) is 0 Å². The molecule has 0 aliphatic heterocycles. The van der Waals surface area contributed by atoms with Crippen molar-refractivity contribution in [3.8, 4) is 0 Å². The minimum absolute atomic E-state index is 0.272. The first kappa shape index (κ1) is 13.9. The van der Waals surface area contributed by atoms with Crippen LogP contribution in [0.4, 0.5) is 0 Å². The molecular formula is C12H26O2. The maximum Gasteiger partial charge on any atom is 0.0516 e. The van der Waals surface area contributed by atoms with Crippen molar-refractivity contribution >= 4 is 0 Å². The molecule has 0 aliphatic carbocycles. The van der Waals surface area contributed by atoms with E-state index < -0.39 is 0 Å². The van der Waals surface area contributed by atoms with Crippen molar-refractivity contribution in [3.63, 3.8) is 0 Å². The van der Waals surface area contributed by atoms with E-state index in [1.165, 1.54) is 32.1 Å². The van der Waals surface area contributed by atoms with Crippen LogP contribution in [0.5, 0.6) is 0 Å². The summed E-state index contributed by atoms with van der Waals surface area (Å²) in [5.41, 5.74) is 0. The largest absolute Gasteiger partial charge is 0.396 e. The average Bonchev–Trinajstić information content (AvgIpc) is 2.22. The molecule has 1 atom stereocenters. The van der Waals surface area contributed by atoms with Crippen LogP contribution in [0.25, 0.3) is 0 Å². The molecule has 1 N–H and O–H groups in total. The van der Waals surface area contributed by atoms with Crippen LogP contribution in [0.15, 0.2) is 0 Å². The zero-order valence-corrected chi connectivity index (χ0v) is 9.80. The van der Waals surface area contributed by atoms with Gasteiger partial charge in [0.2, 0.25) is 0 Å². The van der Waals surface area contributed by atoms with Crippen molar-refractivity contribution in [1.29, 1.82) is 0 Å². The predicted octanol–water partition coefficient (Wildman–Crippen LogP) is 2.99. The number of aliphatic hydroxyl groups is 1. The highest BCUT2D eigenvalue weighted by Crippen LogP contribution is 2.11. The van der Waals surface area contributed by atoms with Gasteiger partial charge in [-0.15, -0.1) is 0 Å². The molecule has 0 bridgehead atoms. The lowest BCUT2D eigenvalue weighted by atomic mass is 10.0. The molecule has 0 spiro atoms. The summed E-state index contributed by atoms with van der Waals surface area (Å²) in [7, 11) is 0. The highest BCUT2D eigenvalue weighted by Gasteiger charge is 2.06. The second kappa shape index (κ2) is 11.0. The zero-order chi connectivity index (χ0) is 10.6. The highest BCUT2D eigenvalue weighted by molar-refractivity contribution is 4.56. The van der Waals surface area contributed by atoms with Crippen LogP contribution >= 0.6 is 0 Å². The number of ether oxygens (including phenoxy) is 1. The lowest BCUT2D eigenvalue weighted by Gasteiger charge is -2.13. The van der Waals surface area contributed by atoms with Crippen LogP contribution in [0.3, 0.4) is 0 Å². The summed E-state index contributed by atoms with van der Waals surface area (Å²) < 4.78 is 5.30. The smallest absolute Gasteiger partial charge is 0.0516 e. The van der Waals surface area contributed by atoms with Crippen LogP contribution < -0.4 is 0 Å². The maximum atomic E-state index is 9.08. The van der Waals surface area contributed by atoms with Gasteiger partial charge in [-0.25, -0.2) is 0 Å². The molecule has 0 saturated carbocycles. The van der Waals surface area contributed by atoms with Gasteiger partial charge in [0.05, 0.1) is 6.61 Å². The Labute approximate surface area is 88.7 Å². The van der Waals surface area contributed by atoms with Gasteiger partial charge in [0.25, 0.3) is 0 Å². The van der Waals surface area contributed by atoms with E-state index in [9.17, 15) is 0 Å². The van der Waals surface area contributed by atoms with E-state index in [2.05, 4.69) is 6.92 Å². The molecule has 1 unspecified atom stereocenters. The van der Waals surface area contributed by atoms with Gasteiger partial charge < -0.3 is 9.84 Å².